The molecule has 0 spiro atoms. The number of aliphatic carboxylic acids is 3. The van der Waals surface area contributed by atoms with Crippen LogP contribution in [0.5, 0.6) is 0 Å². The van der Waals surface area contributed by atoms with Crippen molar-refractivity contribution < 1.29 is 63.3 Å². The first-order chi connectivity index (χ1) is 22.5. The third-order valence-electron chi connectivity index (χ3n) is 9.08. The van der Waals surface area contributed by atoms with Gasteiger partial charge in [-0.1, -0.05) is 77.1 Å². The van der Waals surface area contributed by atoms with E-state index in [2.05, 4.69) is 6.58 Å². The molecule has 3 rings (SSSR count). The Morgan fingerprint density at radius 1 is 1.06 bits per heavy atom. The molecule has 0 saturated carbocycles. The van der Waals surface area contributed by atoms with Crippen LogP contribution in [-0.4, -0.2) is 70.8 Å². The van der Waals surface area contributed by atoms with E-state index in [9.17, 15) is 44.4 Å². The quantitative estimate of drug-likeness (QED) is 0.129. The van der Waals surface area contributed by atoms with Gasteiger partial charge in [0, 0.05) is 25.3 Å². The average molecular weight is 672 g/mol. The number of aliphatic hydroxyl groups is 1. The Bertz CT molecular complexity index is 1390. The molecular weight excluding hydrogens is 628 g/mol. The van der Waals surface area contributed by atoms with Crippen LogP contribution >= 0.6 is 0 Å². The monoisotopic (exact) mass is 671 g/mol. The lowest BCUT2D eigenvalue weighted by Crippen LogP contribution is -2.71. The predicted octanol–water partition coefficient (Wildman–Crippen LogP) is -0.235. The van der Waals surface area contributed by atoms with E-state index in [1.807, 2.05) is 58.0 Å². The number of allylic oxidation sites excluding steroid dienone is 1. The molecule has 2 aliphatic rings. The van der Waals surface area contributed by atoms with E-state index in [-0.39, 0.29) is 23.8 Å². The summed E-state index contributed by atoms with van der Waals surface area (Å²) in [5.41, 5.74) is -2.05. The highest BCUT2D eigenvalue weighted by Crippen LogP contribution is 2.53. The van der Waals surface area contributed by atoms with Crippen LogP contribution in [0.4, 0.5) is 0 Å². The van der Waals surface area contributed by atoms with Crippen molar-refractivity contribution in [3.05, 3.63) is 60.2 Å². The van der Waals surface area contributed by atoms with Gasteiger partial charge in [0.15, 0.2) is 11.7 Å². The Labute approximate surface area is 279 Å². The normalized spacial score (nSPS) is 29.0. The molecule has 0 unspecified atom stereocenters. The summed E-state index contributed by atoms with van der Waals surface area (Å²) in [4.78, 5) is 62.2. The SMILES string of the molecule is C=C(CC[C@]12O[C@H](C(=O)[O-])[C@@H](C(=O)[O-])[C@](C(=O)[O-])(O1)[C@H](OC(=O)/C=C/[C@@H](C)C[C@@H](C)CC)[C@H]2O)[C@@H](OC(C)=O)[C@H](C)Cc1ccccc1. The topological polar surface area (TPSA) is 212 Å². The molecule has 13 nitrogen and oxygen atoms in total. The fraction of sp³-hybridized carbons (Fsp3) is 0.571. The van der Waals surface area contributed by atoms with Crippen LogP contribution in [0.2, 0.25) is 0 Å². The van der Waals surface area contributed by atoms with Crippen LogP contribution in [0.1, 0.15) is 65.9 Å². The summed E-state index contributed by atoms with van der Waals surface area (Å²) in [6.45, 7) is 12.9. The first-order valence-electron chi connectivity index (χ1n) is 16.0. The minimum atomic E-state index is -3.26. The van der Waals surface area contributed by atoms with E-state index in [4.69, 9.17) is 18.9 Å². The van der Waals surface area contributed by atoms with Crippen molar-refractivity contribution in [2.45, 2.75) is 103 Å². The maximum Gasteiger partial charge on any atom is 0.330 e. The number of carboxylic acid groups (broad SMARTS) is 3. The van der Waals surface area contributed by atoms with Gasteiger partial charge in [-0.05, 0) is 42.2 Å². The summed E-state index contributed by atoms with van der Waals surface area (Å²) in [6, 6.07) is 9.32. The van der Waals surface area contributed by atoms with Crippen molar-refractivity contribution in [1.29, 1.82) is 0 Å². The Hall–Kier alpha value is -4.07. The zero-order valence-corrected chi connectivity index (χ0v) is 27.7. The lowest BCUT2D eigenvalue weighted by molar-refractivity contribution is -0.404. The van der Waals surface area contributed by atoms with Crippen molar-refractivity contribution in [2.75, 3.05) is 0 Å². The molecule has 48 heavy (non-hydrogen) atoms. The van der Waals surface area contributed by atoms with E-state index < -0.39 is 78.0 Å². The lowest BCUT2D eigenvalue weighted by Gasteiger charge is -2.50. The van der Waals surface area contributed by atoms with Crippen molar-refractivity contribution in [3.8, 4) is 0 Å². The number of rotatable bonds is 17. The first kappa shape index (κ1) is 38.4. The number of benzene rings is 1. The summed E-state index contributed by atoms with van der Waals surface area (Å²) in [5.74, 6) is -13.8. The summed E-state index contributed by atoms with van der Waals surface area (Å²) in [5, 5.41) is 48.7. The zero-order valence-electron chi connectivity index (χ0n) is 27.7. The molecule has 1 N–H and O–H groups in total. The fourth-order valence-electron chi connectivity index (χ4n) is 6.53. The molecule has 2 bridgehead atoms. The maximum atomic E-state index is 13.0. The van der Waals surface area contributed by atoms with Gasteiger partial charge in [-0.3, -0.25) is 4.79 Å². The minimum absolute atomic E-state index is 0.0971. The average Bonchev–Trinajstić information content (AvgIpc) is 3.20. The number of fused-ring (bicyclic) bond motifs is 2. The summed E-state index contributed by atoms with van der Waals surface area (Å²) in [7, 11) is 0. The second-order valence-corrected chi connectivity index (χ2v) is 12.9. The van der Waals surface area contributed by atoms with Crippen molar-refractivity contribution >= 4 is 29.8 Å². The highest BCUT2D eigenvalue weighted by Gasteiger charge is 2.74. The van der Waals surface area contributed by atoms with Crippen molar-refractivity contribution in [2.24, 2.45) is 23.7 Å². The molecule has 1 aromatic carbocycles. The number of carbonyl (C=O) groups excluding carboxylic acids is 5. The molecule has 10 atom stereocenters. The van der Waals surface area contributed by atoms with E-state index in [1.54, 1.807) is 0 Å². The highest BCUT2D eigenvalue weighted by atomic mass is 16.8. The van der Waals surface area contributed by atoms with E-state index >= 15 is 0 Å². The Morgan fingerprint density at radius 2 is 1.71 bits per heavy atom. The van der Waals surface area contributed by atoms with Crippen LogP contribution in [0, 0.1) is 23.7 Å². The summed E-state index contributed by atoms with van der Waals surface area (Å²) < 4.78 is 22.1. The molecule has 1 aromatic rings. The largest absolute Gasteiger partial charge is 0.550 e. The van der Waals surface area contributed by atoms with Crippen LogP contribution in [0.25, 0.3) is 0 Å². The fourth-order valence-corrected chi connectivity index (χ4v) is 6.53. The number of carbonyl (C=O) groups is 5. The van der Waals surface area contributed by atoms with Crippen LogP contribution in [0.3, 0.4) is 0 Å². The number of esters is 2. The Morgan fingerprint density at radius 3 is 2.25 bits per heavy atom. The van der Waals surface area contributed by atoms with Crippen LogP contribution < -0.4 is 15.3 Å². The second-order valence-electron chi connectivity index (χ2n) is 12.9. The Balaban J connectivity index is 1.97. The van der Waals surface area contributed by atoms with E-state index in [0.717, 1.165) is 24.5 Å². The molecule has 2 heterocycles. The van der Waals surface area contributed by atoms with Gasteiger partial charge >= 0.3 is 11.9 Å². The molecule has 0 aromatic heterocycles. The van der Waals surface area contributed by atoms with Gasteiger partial charge in [0.1, 0.15) is 18.3 Å². The van der Waals surface area contributed by atoms with Gasteiger partial charge in [-0.2, -0.15) is 0 Å². The molecule has 2 saturated heterocycles. The predicted molar refractivity (Wildman–Crippen MR) is 161 cm³/mol. The first-order valence-corrected chi connectivity index (χ1v) is 16.0. The van der Waals surface area contributed by atoms with Gasteiger partial charge < -0.3 is 53.8 Å². The standard InChI is InChI=1S/C35H46O13/c1-7-19(2)17-20(3)13-14-25(37)46-30-29(38)34(47-28(32(41)42)26(31(39)40)35(30,48-34)33(43)44)16-15-21(4)27(45-23(6)36)22(5)18-24-11-9-8-10-12-24/h8-14,19-20,22,26-30,38H,4,7,15-18H2,1-3,5-6H3,(H,39,40)(H,41,42)(H,43,44)/p-3/b14-13+/t19-,20+,22+,26-,27+,28-,29+,30+,34-,35-/m0/s1. The molecular formula is C35H43O13-3. The maximum absolute atomic E-state index is 13.0. The molecule has 2 fully saturated rings. The van der Waals surface area contributed by atoms with E-state index in [0.29, 0.717) is 12.3 Å². The molecule has 13 heteroatoms. The minimum Gasteiger partial charge on any atom is -0.550 e. The van der Waals surface area contributed by atoms with Gasteiger partial charge in [0.05, 0.1) is 23.8 Å². The molecule has 2 aliphatic heterocycles. The zero-order chi connectivity index (χ0) is 36.0. The van der Waals surface area contributed by atoms with Crippen LogP contribution in [-0.2, 0) is 49.3 Å². The van der Waals surface area contributed by atoms with Gasteiger partial charge in [0.2, 0.25) is 5.79 Å². The summed E-state index contributed by atoms with van der Waals surface area (Å²) >= 11 is 0. The van der Waals surface area contributed by atoms with Crippen LogP contribution in [0.15, 0.2) is 54.6 Å². The Kier molecular flexibility index (Phi) is 12.7. The van der Waals surface area contributed by atoms with Gasteiger partial charge in [-0.25, -0.2) is 4.79 Å². The third-order valence-corrected chi connectivity index (χ3v) is 9.08. The molecule has 0 aliphatic carbocycles. The number of carboxylic acids is 3. The third kappa shape index (κ3) is 8.31. The number of ether oxygens (including phenoxy) is 4. The smallest absolute Gasteiger partial charge is 0.330 e. The van der Waals surface area contributed by atoms with E-state index in [1.165, 1.54) is 13.0 Å². The molecule has 0 amide bonds. The number of hydrogen-bond acceptors (Lipinski definition) is 13. The number of aliphatic hydroxyl groups excluding tert-OH is 1. The summed E-state index contributed by atoms with van der Waals surface area (Å²) in [6.07, 6.45) is -4.11. The van der Waals surface area contributed by atoms with Crippen molar-refractivity contribution in [1.82, 2.24) is 0 Å². The van der Waals surface area contributed by atoms with Gasteiger partial charge in [-0.15, -0.1) is 0 Å². The highest BCUT2D eigenvalue weighted by molar-refractivity contribution is 5.91. The molecule has 264 valence electrons. The van der Waals surface area contributed by atoms with Gasteiger partial charge in [0.25, 0.3) is 0 Å². The number of hydrogen-bond donors (Lipinski definition) is 1. The van der Waals surface area contributed by atoms with Crippen molar-refractivity contribution in [3.63, 3.8) is 0 Å². The molecule has 0 radical (unpaired) electrons. The second kappa shape index (κ2) is 15.9. The lowest BCUT2D eigenvalue weighted by atomic mass is 9.78.